The summed E-state index contributed by atoms with van der Waals surface area (Å²) in [6.07, 6.45) is -0.744. The highest BCUT2D eigenvalue weighted by Crippen LogP contribution is 2.13. The molecule has 18 N–H and O–H groups in total. The number of nitrogens with two attached hydrogens (primary N) is 3. The van der Waals surface area contributed by atoms with Crippen LogP contribution in [-0.2, 0) is 47.9 Å². The average Bonchev–Trinajstić information content (AvgIpc) is 3.23. The molecule has 11 atom stereocenters. The summed E-state index contributed by atoms with van der Waals surface area (Å²) in [7, 11) is 0. The monoisotopic (exact) mass is 946 g/mol. The Bertz CT molecular complexity index is 1650. The maximum atomic E-state index is 13.6. The van der Waals surface area contributed by atoms with Crippen LogP contribution in [0.2, 0.25) is 0 Å². The molecule has 0 aromatic carbocycles. The van der Waals surface area contributed by atoms with Gasteiger partial charge >= 0.3 is 5.97 Å². The van der Waals surface area contributed by atoms with Gasteiger partial charge in [0.2, 0.25) is 53.2 Å². The van der Waals surface area contributed by atoms with Crippen LogP contribution in [0.5, 0.6) is 0 Å². The fourth-order valence-electron chi connectivity index (χ4n) is 6.20. The van der Waals surface area contributed by atoms with Gasteiger partial charge < -0.3 is 80.2 Å². The van der Waals surface area contributed by atoms with Gasteiger partial charge in [-0.3, -0.25) is 47.9 Å². The van der Waals surface area contributed by atoms with Gasteiger partial charge in [-0.2, -0.15) is 0 Å². The predicted octanol–water partition coefficient (Wildman–Crippen LogP) is -5.20. The van der Waals surface area contributed by atoms with E-state index >= 15 is 0 Å². The van der Waals surface area contributed by atoms with Gasteiger partial charge in [0.25, 0.3) is 0 Å². The molecule has 0 heterocycles. The summed E-state index contributed by atoms with van der Waals surface area (Å²) in [5.74, 6) is -11.0. The van der Waals surface area contributed by atoms with E-state index in [0.29, 0.717) is 25.8 Å². The minimum atomic E-state index is -1.76. The Morgan fingerprint density at radius 2 is 0.955 bits per heavy atom. The van der Waals surface area contributed by atoms with E-state index in [1.165, 1.54) is 6.92 Å². The lowest BCUT2D eigenvalue weighted by atomic mass is 9.96. The molecule has 0 rings (SSSR count). The maximum Gasteiger partial charge on any atom is 0.305 e. The molecule has 0 aliphatic rings. The Morgan fingerprint density at radius 1 is 0.530 bits per heavy atom. The SMILES string of the molecule is CC[C@H](C)[C@H](NC(=O)[C@H](CC(C)C)NC(=O)[C@@H](NC(=O)[C@H](CO)NC(=O)[C@H](C)NC(=O)[C@H](CC(C)C)NC(=O)[C@H](CC(=O)O)NC(=O)[C@@H](N)CCCCN)[C@@H](C)O)C(=O)N[C@@H](CO)C(N)=O. The zero-order valence-corrected chi connectivity index (χ0v) is 39.2. The maximum absolute atomic E-state index is 13.6. The van der Waals surface area contributed by atoms with Gasteiger partial charge in [0.15, 0.2) is 0 Å². The van der Waals surface area contributed by atoms with Gasteiger partial charge in [-0.05, 0) is 63.8 Å². The minimum absolute atomic E-state index is 0.00180. The molecular formula is C41H75N11O14. The second kappa shape index (κ2) is 30.7. The van der Waals surface area contributed by atoms with E-state index in [9.17, 15) is 68.4 Å². The van der Waals surface area contributed by atoms with Crippen LogP contribution in [0.1, 0.15) is 100 Å². The van der Waals surface area contributed by atoms with E-state index in [0.717, 1.165) is 6.92 Å². The van der Waals surface area contributed by atoms with Gasteiger partial charge in [0, 0.05) is 0 Å². The Labute approximate surface area is 385 Å². The summed E-state index contributed by atoms with van der Waals surface area (Å²) in [5.41, 5.74) is 16.6. The van der Waals surface area contributed by atoms with Crippen LogP contribution in [-0.4, -0.2) is 160 Å². The highest BCUT2D eigenvalue weighted by atomic mass is 16.4. The number of carbonyl (C=O) groups is 10. The molecule has 0 unspecified atom stereocenters. The third-order valence-electron chi connectivity index (χ3n) is 10.3. The van der Waals surface area contributed by atoms with E-state index in [1.807, 2.05) is 0 Å². The highest BCUT2D eigenvalue weighted by molar-refractivity contribution is 5.98. The van der Waals surface area contributed by atoms with Gasteiger partial charge in [-0.1, -0.05) is 54.4 Å². The number of carboxylic acid groups (broad SMARTS) is 1. The first-order chi connectivity index (χ1) is 30.7. The third-order valence-corrected chi connectivity index (χ3v) is 10.3. The molecule has 0 spiro atoms. The largest absolute Gasteiger partial charge is 0.481 e. The van der Waals surface area contributed by atoms with Gasteiger partial charge in [-0.15, -0.1) is 0 Å². The van der Waals surface area contributed by atoms with Crippen molar-refractivity contribution in [2.24, 2.45) is 35.0 Å². The van der Waals surface area contributed by atoms with E-state index in [4.69, 9.17) is 17.2 Å². The number of aliphatic hydroxyl groups excluding tert-OH is 3. The predicted molar refractivity (Wildman–Crippen MR) is 238 cm³/mol. The summed E-state index contributed by atoms with van der Waals surface area (Å²) >= 11 is 0. The molecule has 0 aliphatic carbocycles. The molecule has 0 saturated carbocycles. The molecular weight excluding hydrogens is 871 g/mol. The van der Waals surface area contributed by atoms with Crippen molar-refractivity contribution < 1.29 is 68.4 Å². The smallest absolute Gasteiger partial charge is 0.305 e. The van der Waals surface area contributed by atoms with Gasteiger partial charge in [0.05, 0.1) is 31.8 Å². The highest BCUT2D eigenvalue weighted by Gasteiger charge is 2.36. The molecule has 25 heteroatoms. The first-order valence-corrected chi connectivity index (χ1v) is 22.0. The van der Waals surface area contributed by atoms with Crippen molar-refractivity contribution in [2.75, 3.05) is 19.8 Å². The summed E-state index contributed by atoms with van der Waals surface area (Å²) in [5, 5.41) is 58.4. The van der Waals surface area contributed by atoms with Crippen LogP contribution >= 0.6 is 0 Å². The molecule has 9 amide bonds. The number of hydrogen-bond acceptors (Lipinski definition) is 15. The van der Waals surface area contributed by atoms with Crippen LogP contribution in [0.25, 0.3) is 0 Å². The number of nitrogens with one attached hydrogen (secondary N) is 8. The van der Waals surface area contributed by atoms with E-state index in [2.05, 4.69) is 42.5 Å². The number of aliphatic hydroxyl groups is 3. The molecule has 25 nitrogen and oxygen atoms in total. The van der Waals surface area contributed by atoms with E-state index < -0.39 is 145 Å². The number of hydrogen-bond donors (Lipinski definition) is 15. The van der Waals surface area contributed by atoms with Gasteiger partial charge in [-0.25, -0.2) is 0 Å². The average molecular weight is 946 g/mol. The molecule has 0 aliphatic heterocycles. The quantitative estimate of drug-likeness (QED) is 0.0280. The van der Waals surface area contributed by atoms with Crippen molar-refractivity contribution in [2.45, 2.75) is 161 Å². The summed E-state index contributed by atoms with van der Waals surface area (Å²) < 4.78 is 0. The lowest BCUT2D eigenvalue weighted by Crippen LogP contribution is -2.62. The van der Waals surface area contributed by atoms with E-state index in [-0.39, 0.29) is 31.1 Å². The van der Waals surface area contributed by atoms with Crippen molar-refractivity contribution >= 4 is 59.1 Å². The zero-order chi connectivity index (χ0) is 51.0. The molecule has 0 radical (unpaired) electrons. The fraction of sp³-hybridized carbons (Fsp3) is 0.756. The van der Waals surface area contributed by atoms with Crippen molar-refractivity contribution in [3.63, 3.8) is 0 Å². The summed E-state index contributed by atoms with van der Waals surface area (Å²) in [4.78, 5) is 130. The Hall–Kier alpha value is -5.50. The van der Waals surface area contributed by atoms with Crippen LogP contribution in [0.15, 0.2) is 0 Å². The topological polar surface area (TPSA) is 426 Å². The molecule has 0 bridgehead atoms. The van der Waals surface area contributed by atoms with Crippen molar-refractivity contribution in [1.29, 1.82) is 0 Å². The van der Waals surface area contributed by atoms with Gasteiger partial charge in [0.1, 0.15) is 48.3 Å². The number of carboxylic acids is 1. The second-order valence-electron chi connectivity index (χ2n) is 17.2. The summed E-state index contributed by atoms with van der Waals surface area (Å²) in [6.45, 7) is 11.2. The number of unbranched alkanes of at least 4 members (excludes halogenated alkanes) is 1. The zero-order valence-electron chi connectivity index (χ0n) is 39.2. The molecule has 0 fully saturated rings. The Balaban J connectivity index is 6.05. The minimum Gasteiger partial charge on any atom is -0.481 e. The van der Waals surface area contributed by atoms with E-state index in [1.54, 1.807) is 41.5 Å². The second-order valence-corrected chi connectivity index (χ2v) is 17.2. The standard InChI is InChI=1S/C41H75N11O14/c1-9-21(6)31(40(65)49-28(17-53)33(44)58)51-38(63)26(15-20(4)5)48-41(66)32(23(8)55)52-39(64)29(18-54)50-34(59)22(7)45-36(61)25(14-19(2)3)47-37(62)27(16-30(56)57)46-35(60)24(43)12-10-11-13-42/h19-29,31-32,53-55H,9-18,42-43H2,1-8H3,(H2,44,58)(H,45,61)(H,46,60)(H,47,62)(H,48,66)(H,49,65)(H,50,59)(H,51,63)(H,52,64)(H,56,57)/t21-,22-,23+,24-,25-,26-,27-,28-,29-,31-,32-/m0/s1. The van der Waals surface area contributed by atoms with Crippen molar-refractivity contribution in [3.05, 3.63) is 0 Å². The first kappa shape index (κ1) is 60.5. The number of primary amides is 1. The number of rotatable bonds is 32. The lowest BCUT2D eigenvalue weighted by molar-refractivity contribution is -0.141. The molecule has 0 aromatic heterocycles. The molecule has 0 aromatic rings. The fourth-order valence-corrected chi connectivity index (χ4v) is 6.20. The number of aliphatic carboxylic acids is 1. The van der Waals surface area contributed by atoms with Crippen LogP contribution in [0, 0.1) is 17.8 Å². The van der Waals surface area contributed by atoms with Crippen molar-refractivity contribution in [1.82, 2.24) is 42.5 Å². The van der Waals surface area contributed by atoms with Crippen LogP contribution in [0.4, 0.5) is 0 Å². The molecule has 0 saturated heterocycles. The first-order valence-electron chi connectivity index (χ1n) is 22.0. The Kier molecular flexibility index (Phi) is 28.1. The summed E-state index contributed by atoms with van der Waals surface area (Å²) in [6, 6.07) is -13.0. The Morgan fingerprint density at radius 3 is 1.41 bits per heavy atom. The number of amides is 9. The normalized spacial score (nSPS) is 16.3. The van der Waals surface area contributed by atoms with Crippen molar-refractivity contribution in [3.8, 4) is 0 Å². The molecule has 66 heavy (non-hydrogen) atoms. The molecule has 378 valence electrons. The third kappa shape index (κ3) is 22.1. The number of carbonyl (C=O) groups excluding carboxylic acids is 9. The lowest BCUT2D eigenvalue weighted by Gasteiger charge is -2.30. The van der Waals surface area contributed by atoms with Crippen LogP contribution < -0.4 is 59.7 Å². The van der Waals surface area contributed by atoms with Crippen LogP contribution in [0.3, 0.4) is 0 Å².